The van der Waals surface area contributed by atoms with Crippen LogP contribution in [0.25, 0.3) is 0 Å². The normalized spacial score (nSPS) is 27.1. The summed E-state index contributed by atoms with van der Waals surface area (Å²) >= 11 is 0. The summed E-state index contributed by atoms with van der Waals surface area (Å²) in [5.41, 5.74) is -1.73. The molecule has 0 bridgehead atoms. The average molecular weight is 440 g/mol. The largest absolute Gasteiger partial charge is 0.511 e. The van der Waals surface area contributed by atoms with E-state index in [1.807, 2.05) is 0 Å². The first-order valence-corrected chi connectivity index (χ1v) is 10.4. The van der Waals surface area contributed by atoms with Crippen molar-refractivity contribution in [2.75, 3.05) is 0 Å². The molecule has 8 heteroatoms. The standard InChI is InChI=1S/C24H24O8/c1-9-4-13(5-10(2)25)20(28)19-15(9)7-12-6-14-8-16(27)17(11(3)26)22(30)24(14,32)23(31)18(12)21(19)29/h4,12,14,27-28,31-32H,5-8H2,1-3H3/t12?,14?,24-/m0/s1. The van der Waals surface area contributed by atoms with Crippen molar-refractivity contribution in [3.8, 4) is 5.75 Å². The first-order valence-electron chi connectivity index (χ1n) is 10.4. The van der Waals surface area contributed by atoms with Crippen LogP contribution in [-0.2, 0) is 27.2 Å². The SMILES string of the molecule is CC(=O)Cc1cc(C)c2c(c1O)C(=O)C1=C(O)[C@@]3(O)C(=O)C(C(C)=O)=C(O)CC3CC1C2. The molecule has 2 unspecified atom stereocenters. The van der Waals surface area contributed by atoms with Gasteiger partial charge in [-0.25, -0.2) is 0 Å². The van der Waals surface area contributed by atoms with E-state index in [4.69, 9.17) is 0 Å². The van der Waals surface area contributed by atoms with Crippen LogP contribution in [0.3, 0.4) is 0 Å². The minimum absolute atomic E-state index is 0.0467. The lowest BCUT2D eigenvalue weighted by Crippen LogP contribution is -2.56. The van der Waals surface area contributed by atoms with Gasteiger partial charge in [-0.05, 0) is 50.7 Å². The third-order valence-electron chi connectivity index (χ3n) is 6.91. The fourth-order valence-electron chi connectivity index (χ4n) is 5.46. The van der Waals surface area contributed by atoms with E-state index in [2.05, 4.69) is 0 Å². The van der Waals surface area contributed by atoms with Gasteiger partial charge in [0.05, 0.1) is 5.56 Å². The number of carbonyl (C=O) groups is 4. The van der Waals surface area contributed by atoms with E-state index >= 15 is 0 Å². The lowest BCUT2D eigenvalue weighted by atomic mass is 9.60. The van der Waals surface area contributed by atoms with E-state index in [1.54, 1.807) is 13.0 Å². The van der Waals surface area contributed by atoms with E-state index in [1.165, 1.54) is 6.92 Å². The molecule has 8 nitrogen and oxygen atoms in total. The fourth-order valence-corrected chi connectivity index (χ4v) is 5.46. The number of Topliss-reactive ketones (excluding diaryl/α,β-unsaturated/α-hetero) is 4. The zero-order valence-electron chi connectivity index (χ0n) is 18.0. The number of aryl methyl sites for hydroxylation is 1. The molecule has 0 amide bonds. The summed E-state index contributed by atoms with van der Waals surface area (Å²) in [4.78, 5) is 49.9. The number of hydrogen-bond acceptors (Lipinski definition) is 8. The minimum atomic E-state index is -2.51. The van der Waals surface area contributed by atoms with E-state index in [0.29, 0.717) is 11.1 Å². The molecular weight excluding hydrogens is 416 g/mol. The predicted octanol–water partition coefficient (Wildman–Crippen LogP) is 2.12. The number of hydrogen-bond donors (Lipinski definition) is 4. The highest BCUT2D eigenvalue weighted by Gasteiger charge is 2.59. The molecule has 0 aromatic heterocycles. The number of allylic oxidation sites excluding steroid dienone is 2. The van der Waals surface area contributed by atoms with Crippen molar-refractivity contribution < 1.29 is 39.6 Å². The zero-order valence-corrected chi connectivity index (χ0v) is 18.0. The van der Waals surface area contributed by atoms with Gasteiger partial charge in [0.2, 0.25) is 5.78 Å². The van der Waals surface area contributed by atoms with Crippen LogP contribution in [0.2, 0.25) is 0 Å². The number of aliphatic hydroxyl groups excluding tert-OH is 2. The van der Waals surface area contributed by atoms with Crippen molar-refractivity contribution in [3.63, 3.8) is 0 Å². The summed E-state index contributed by atoms with van der Waals surface area (Å²) < 4.78 is 0. The molecule has 1 aromatic carbocycles. The van der Waals surface area contributed by atoms with Gasteiger partial charge in [-0.3, -0.25) is 19.2 Å². The van der Waals surface area contributed by atoms with Gasteiger partial charge in [-0.15, -0.1) is 0 Å². The van der Waals surface area contributed by atoms with Crippen LogP contribution in [-0.4, -0.2) is 49.2 Å². The van der Waals surface area contributed by atoms with Gasteiger partial charge in [0.1, 0.15) is 28.6 Å². The molecule has 0 spiro atoms. The lowest BCUT2D eigenvalue weighted by molar-refractivity contribution is -0.144. The van der Waals surface area contributed by atoms with Crippen LogP contribution < -0.4 is 0 Å². The molecule has 0 saturated carbocycles. The first-order chi connectivity index (χ1) is 14.9. The summed E-state index contributed by atoms with van der Waals surface area (Å²) in [6.45, 7) is 4.20. The highest BCUT2D eigenvalue weighted by Crippen LogP contribution is 2.52. The van der Waals surface area contributed by atoms with Crippen molar-refractivity contribution >= 4 is 23.1 Å². The summed E-state index contributed by atoms with van der Waals surface area (Å²) in [5.74, 6) is -5.87. The van der Waals surface area contributed by atoms with Crippen LogP contribution in [0.1, 0.15) is 53.7 Å². The zero-order chi connectivity index (χ0) is 23.7. The second-order valence-electron chi connectivity index (χ2n) is 9.04. The van der Waals surface area contributed by atoms with E-state index in [9.17, 15) is 39.6 Å². The maximum Gasteiger partial charge on any atom is 0.209 e. The van der Waals surface area contributed by atoms with Crippen molar-refractivity contribution in [2.45, 2.75) is 52.1 Å². The van der Waals surface area contributed by atoms with Gasteiger partial charge < -0.3 is 20.4 Å². The Hall–Kier alpha value is -3.26. The van der Waals surface area contributed by atoms with Crippen LogP contribution >= 0.6 is 0 Å². The highest BCUT2D eigenvalue weighted by atomic mass is 16.3. The highest BCUT2D eigenvalue weighted by molar-refractivity contribution is 6.25. The molecule has 3 atom stereocenters. The Morgan fingerprint density at radius 1 is 1.12 bits per heavy atom. The fraction of sp³-hybridized carbons (Fsp3) is 0.417. The number of phenolic OH excluding ortho intramolecular Hbond substituents is 1. The Morgan fingerprint density at radius 3 is 2.38 bits per heavy atom. The van der Waals surface area contributed by atoms with Crippen LogP contribution in [0.15, 0.2) is 28.7 Å². The van der Waals surface area contributed by atoms with E-state index in [-0.39, 0.29) is 53.9 Å². The molecule has 32 heavy (non-hydrogen) atoms. The summed E-state index contributed by atoms with van der Waals surface area (Å²) in [7, 11) is 0. The summed E-state index contributed by atoms with van der Waals surface area (Å²) in [6, 6.07) is 1.66. The Bertz CT molecular complexity index is 1180. The topological polar surface area (TPSA) is 149 Å². The molecule has 0 heterocycles. The number of aliphatic hydroxyl groups is 3. The maximum absolute atomic E-state index is 13.5. The number of phenols is 1. The predicted molar refractivity (Wildman–Crippen MR) is 111 cm³/mol. The van der Waals surface area contributed by atoms with Crippen LogP contribution in [0.4, 0.5) is 0 Å². The van der Waals surface area contributed by atoms with Gasteiger partial charge in [-0.2, -0.15) is 0 Å². The Labute approximate surface area is 183 Å². The third kappa shape index (κ3) is 2.86. The van der Waals surface area contributed by atoms with Gasteiger partial charge in [0, 0.05) is 29.9 Å². The average Bonchev–Trinajstić information content (AvgIpc) is 2.68. The molecule has 0 radical (unpaired) electrons. The number of fused-ring (bicyclic) bond motifs is 3. The minimum Gasteiger partial charge on any atom is -0.511 e. The second kappa shape index (κ2) is 7.13. The number of benzene rings is 1. The smallest absolute Gasteiger partial charge is 0.209 e. The summed E-state index contributed by atoms with van der Waals surface area (Å²) in [5, 5.41) is 43.3. The number of carbonyl (C=O) groups excluding carboxylic acids is 4. The second-order valence-corrected chi connectivity index (χ2v) is 9.04. The lowest BCUT2D eigenvalue weighted by Gasteiger charge is -2.45. The third-order valence-corrected chi connectivity index (χ3v) is 6.91. The van der Waals surface area contributed by atoms with E-state index < -0.39 is 51.9 Å². The van der Waals surface area contributed by atoms with Gasteiger partial charge in [-0.1, -0.05) is 6.07 Å². The van der Waals surface area contributed by atoms with E-state index in [0.717, 1.165) is 6.92 Å². The maximum atomic E-state index is 13.5. The number of ketones is 4. The molecule has 168 valence electrons. The summed E-state index contributed by atoms with van der Waals surface area (Å²) in [6.07, 6.45) is 0.133. The molecule has 3 aliphatic carbocycles. The monoisotopic (exact) mass is 440 g/mol. The molecule has 0 aliphatic heterocycles. The molecule has 3 aliphatic rings. The van der Waals surface area contributed by atoms with Gasteiger partial charge in [0.25, 0.3) is 0 Å². The molecular formula is C24H24O8. The number of rotatable bonds is 3. The molecule has 1 aromatic rings. The quantitative estimate of drug-likeness (QED) is 0.522. The van der Waals surface area contributed by atoms with Crippen molar-refractivity contribution in [3.05, 3.63) is 51.0 Å². The molecule has 4 N–H and O–H groups in total. The van der Waals surface area contributed by atoms with Gasteiger partial charge in [0.15, 0.2) is 17.2 Å². The Kier molecular flexibility index (Phi) is 4.89. The molecule has 4 rings (SSSR count). The van der Waals surface area contributed by atoms with Crippen molar-refractivity contribution in [1.29, 1.82) is 0 Å². The Morgan fingerprint density at radius 2 is 1.78 bits per heavy atom. The van der Waals surface area contributed by atoms with Crippen molar-refractivity contribution in [2.24, 2.45) is 11.8 Å². The molecule has 0 fully saturated rings. The van der Waals surface area contributed by atoms with Crippen molar-refractivity contribution in [1.82, 2.24) is 0 Å². The Balaban J connectivity index is 1.91. The number of aromatic hydroxyl groups is 1. The first kappa shape index (κ1) is 22.0. The van der Waals surface area contributed by atoms with Gasteiger partial charge >= 0.3 is 0 Å². The van der Waals surface area contributed by atoms with Crippen LogP contribution in [0, 0.1) is 18.8 Å². The molecule has 0 saturated heterocycles. The van der Waals surface area contributed by atoms with Crippen LogP contribution in [0.5, 0.6) is 5.75 Å².